The maximum atomic E-state index is 12.3. The molecule has 0 heterocycles. The van der Waals surface area contributed by atoms with Gasteiger partial charge in [-0.25, -0.2) is 4.79 Å². The second kappa shape index (κ2) is 7.31. The van der Waals surface area contributed by atoms with Gasteiger partial charge in [0.15, 0.2) is 0 Å². The van der Waals surface area contributed by atoms with Gasteiger partial charge in [-0.3, -0.25) is 0 Å². The van der Waals surface area contributed by atoms with Crippen LogP contribution in [-0.4, -0.2) is 53.8 Å². The predicted molar refractivity (Wildman–Crippen MR) is 83.3 cm³/mol. The van der Waals surface area contributed by atoms with E-state index < -0.39 is 5.60 Å². The highest BCUT2D eigenvalue weighted by atomic mass is 16.6. The normalized spacial score (nSPS) is 11.5. The van der Waals surface area contributed by atoms with Crippen LogP contribution in [0.2, 0.25) is 0 Å². The van der Waals surface area contributed by atoms with Crippen molar-refractivity contribution in [3.8, 4) is 5.75 Å². The zero-order valence-corrected chi connectivity index (χ0v) is 13.6. The summed E-state index contributed by atoms with van der Waals surface area (Å²) in [5, 5.41) is 9.53. The topological polar surface area (TPSA) is 53.0 Å². The zero-order valence-electron chi connectivity index (χ0n) is 13.6. The first-order valence-corrected chi connectivity index (χ1v) is 7.08. The number of carbonyl (C=O) groups excluding carboxylic acids is 1. The molecule has 0 unspecified atom stereocenters. The van der Waals surface area contributed by atoms with Gasteiger partial charge in [-0.05, 0) is 52.6 Å². The number of phenolic OH excluding ortho intramolecular Hbond substituents is 1. The van der Waals surface area contributed by atoms with E-state index in [-0.39, 0.29) is 11.8 Å². The van der Waals surface area contributed by atoms with Crippen molar-refractivity contribution >= 4 is 6.09 Å². The van der Waals surface area contributed by atoms with Crippen LogP contribution in [0.25, 0.3) is 0 Å². The summed E-state index contributed by atoms with van der Waals surface area (Å²) in [7, 11) is 3.92. The Bertz CT molecular complexity index is 467. The van der Waals surface area contributed by atoms with Crippen molar-refractivity contribution in [2.75, 3.05) is 27.2 Å². The van der Waals surface area contributed by atoms with E-state index >= 15 is 0 Å². The number of aromatic hydroxyl groups is 1. The second-order valence-corrected chi connectivity index (χ2v) is 6.38. The van der Waals surface area contributed by atoms with Crippen molar-refractivity contribution in [1.29, 1.82) is 0 Å². The summed E-state index contributed by atoms with van der Waals surface area (Å²) >= 11 is 0. The minimum Gasteiger partial charge on any atom is -0.508 e. The Hall–Kier alpha value is -1.75. The van der Waals surface area contributed by atoms with Crippen LogP contribution in [0.3, 0.4) is 0 Å². The van der Waals surface area contributed by atoms with Gasteiger partial charge >= 0.3 is 6.09 Å². The number of likely N-dealkylation sites (N-methyl/N-ethyl adjacent to an activating group) is 1. The van der Waals surface area contributed by atoms with Crippen molar-refractivity contribution in [2.24, 2.45) is 0 Å². The number of amides is 1. The number of phenols is 1. The monoisotopic (exact) mass is 294 g/mol. The van der Waals surface area contributed by atoms with Gasteiger partial charge in [0.2, 0.25) is 0 Å². The molecule has 0 saturated heterocycles. The van der Waals surface area contributed by atoms with Gasteiger partial charge < -0.3 is 19.6 Å². The molecule has 0 saturated carbocycles. The van der Waals surface area contributed by atoms with Crippen LogP contribution in [0, 0.1) is 0 Å². The molecule has 1 rings (SSSR count). The van der Waals surface area contributed by atoms with Gasteiger partial charge in [-0.1, -0.05) is 12.1 Å². The number of carbonyl (C=O) groups is 1. The lowest BCUT2D eigenvalue weighted by Crippen LogP contribution is -2.39. The molecular weight excluding hydrogens is 268 g/mol. The minimum absolute atomic E-state index is 0.198. The summed E-state index contributed by atoms with van der Waals surface area (Å²) in [5.41, 5.74) is 0.353. The van der Waals surface area contributed by atoms with Crippen LogP contribution >= 0.6 is 0 Å². The number of nitrogens with zero attached hydrogens (tertiary/aromatic N) is 2. The van der Waals surface area contributed by atoms with E-state index in [1.165, 1.54) is 0 Å². The average molecular weight is 294 g/mol. The number of hydrogen-bond donors (Lipinski definition) is 1. The van der Waals surface area contributed by atoms with Gasteiger partial charge in [0.1, 0.15) is 11.4 Å². The highest BCUT2D eigenvalue weighted by Gasteiger charge is 2.22. The van der Waals surface area contributed by atoms with E-state index in [1.54, 1.807) is 23.1 Å². The molecule has 5 nitrogen and oxygen atoms in total. The fourth-order valence-electron chi connectivity index (χ4n) is 1.76. The Balaban J connectivity index is 2.78. The molecule has 0 radical (unpaired) electrons. The lowest BCUT2D eigenvalue weighted by molar-refractivity contribution is 0.0223. The summed E-state index contributed by atoms with van der Waals surface area (Å²) in [5.74, 6) is 0.198. The summed E-state index contributed by atoms with van der Waals surface area (Å²) in [6, 6.07) is 6.92. The van der Waals surface area contributed by atoms with Crippen LogP contribution < -0.4 is 0 Å². The maximum Gasteiger partial charge on any atom is 0.410 e. The Morgan fingerprint density at radius 2 is 1.90 bits per heavy atom. The number of ether oxygens (including phenoxy) is 1. The zero-order chi connectivity index (χ0) is 16.0. The Morgan fingerprint density at radius 1 is 1.24 bits per heavy atom. The first-order valence-electron chi connectivity index (χ1n) is 7.08. The molecule has 0 atom stereocenters. The van der Waals surface area contributed by atoms with Crippen LogP contribution in [0.15, 0.2) is 24.3 Å². The largest absolute Gasteiger partial charge is 0.508 e. The summed E-state index contributed by atoms with van der Waals surface area (Å²) in [6.07, 6.45) is -0.340. The highest BCUT2D eigenvalue weighted by molar-refractivity contribution is 5.68. The van der Waals surface area contributed by atoms with Crippen molar-refractivity contribution in [3.63, 3.8) is 0 Å². The molecule has 1 amide bonds. The molecule has 1 N–H and O–H groups in total. The third-order valence-electron chi connectivity index (χ3n) is 2.75. The van der Waals surface area contributed by atoms with Crippen LogP contribution in [0.4, 0.5) is 4.79 Å². The molecular formula is C16H26N2O3. The molecule has 0 aliphatic carbocycles. The van der Waals surface area contributed by atoms with Gasteiger partial charge in [0, 0.05) is 19.6 Å². The SMILES string of the molecule is CN(C)CCN(Cc1cccc(O)c1)C(=O)OC(C)(C)C. The van der Waals surface area contributed by atoms with E-state index in [0.717, 1.165) is 12.1 Å². The molecule has 0 aliphatic rings. The predicted octanol–water partition coefficient (Wildman–Crippen LogP) is 2.69. The summed E-state index contributed by atoms with van der Waals surface area (Å²) in [6.45, 7) is 7.28. The standard InChI is InChI=1S/C16H26N2O3/c1-16(2,3)21-15(20)18(10-9-17(4)5)12-13-7-6-8-14(19)11-13/h6-8,11,19H,9-10,12H2,1-5H3. The van der Waals surface area contributed by atoms with Crippen LogP contribution in [0.1, 0.15) is 26.3 Å². The first kappa shape index (κ1) is 17.3. The van der Waals surface area contributed by atoms with Gasteiger partial charge in [-0.2, -0.15) is 0 Å². The molecule has 0 bridgehead atoms. The van der Waals surface area contributed by atoms with Gasteiger partial charge in [-0.15, -0.1) is 0 Å². The van der Waals surface area contributed by atoms with Crippen LogP contribution in [0.5, 0.6) is 5.75 Å². The molecule has 0 spiro atoms. The van der Waals surface area contributed by atoms with Gasteiger partial charge in [0.25, 0.3) is 0 Å². The van der Waals surface area contributed by atoms with Crippen molar-refractivity contribution in [2.45, 2.75) is 32.9 Å². The molecule has 1 aromatic carbocycles. The van der Waals surface area contributed by atoms with E-state index in [4.69, 9.17) is 4.74 Å². The lowest BCUT2D eigenvalue weighted by Gasteiger charge is -2.28. The van der Waals surface area contributed by atoms with E-state index in [9.17, 15) is 9.90 Å². The molecule has 0 fully saturated rings. The van der Waals surface area contributed by atoms with Crippen LogP contribution in [-0.2, 0) is 11.3 Å². The van der Waals surface area contributed by atoms with Crippen molar-refractivity contribution < 1.29 is 14.6 Å². The molecule has 0 aromatic heterocycles. The van der Waals surface area contributed by atoms with E-state index in [2.05, 4.69) is 0 Å². The summed E-state index contributed by atoms with van der Waals surface area (Å²) in [4.78, 5) is 15.9. The Kier molecular flexibility index (Phi) is 6.03. The molecule has 118 valence electrons. The quantitative estimate of drug-likeness (QED) is 0.907. The Morgan fingerprint density at radius 3 is 2.43 bits per heavy atom. The molecule has 5 heteroatoms. The third-order valence-corrected chi connectivity index (χ3v) is 2.75. The highest BCUT2D eigenvalue weighted by Crippen LogP contribution is 2.15. The fraction of sp³-hybridized carbons (Fsp3) is 0.562. The van der Waals surface area contributed by atoms with E-state index in [0.29, 0.717) is 13.1 Å². The van der Waals surface area contributed by atoms with Crippen molar-refractivity contribution in [1.82, 2.24) is 9.80 Å². The average Bonchev–Trinajstić information content (AvgIpc) is 2.32. The second-order valence-electron chi connectivity index (χ2n) is 6.38. The third kappa shape index (κ3) is 6.99. The number of benzene rings is 1. The van der Waals surface area contributed by atoms with Crippen molar-refractivity contribution in [3.05, 3.63) is 29.8 Å². The maximum absolute atomic E-state index is 12.3. The fourth-order valence-corrected chi connectivity index (χ4v) is 1.76. The smallest absolute Gasteiger partial charge is 0.410 e. The Labute approximate surface area is 127 Å². The number of rotatable bonds is 5. The first-order chi connectivity index (χ1) is 9.67. The minimum atomic E-state index is -0.522. The van der Waals surface area contributed by atoms with E-state index in [1.807, 2.05) is 45.8 Å². The summed E-state index contributed by atoms with van der Waals surface area (Å²) < 4.78 is 5.44. The van der Waals surface area contributed by atoms with Gasteiger partial charge in [0.05, 0.1) is 0 Å². The molecule has 0 aliphatic heterocycles. The molecule has 21 heavy (non-hydrogen) atoms. The molecule has 1 aromatic rings. The lowest BCUT2D eigenvalue weighted by atomic mass is 10.2. The number of hydrogen-bond acceptors (Lipinski definition) is 4.